The maximum absolute atomic E-state index is 13.0. The van der Waals surface area contributed by atoms with Crippen molar-refractivity contribution in [2.24, 2.45) is 5.73 Å². The smallest absolute Gasteiger partial charge is 0.319 e. The van der Waals surface area contributed by atoms with E-state index in [1.807, 2.05) is 28.8 Å². The number of imidazole rings is 1. The van der Waals surface area contributed by atoms with Gasteiger partial charge >= 0.3 is 8.32 Å². The summed E-state index contributed by atoms with van der Waals surface area (Å²) in [6.45, 7) is 7.26. The van der Waals surface area contributed by atoms with Crippen molar-refractivity contribution in [2.75, 3.05) is 12.4 Å². The van der Waals surface area contributed by atoms with Gasteiger partial charge in [0.15, 0.2) is 0 Å². The molecule has 3 N–H and O–H groups in total. The standard InChI is InChI=1S/C38H40N6O4Si/c1-38(2,3)49(30-12-7-5-8-13-30,31-14-9-6-10-15-31)48-29-18-16-27(17-19-29)20-23-44-35-32(24-28(36(39)46)25-33(35)47-4)41-37(44)42-34(45)26-43-22-11-21-40-43/h5-19,21-22,24-25H,20,23,26H2,1-4H3,(H2,39,46)(H,41,42,45). The van der Waals surface area contributed by atoms with Gasteiger partial charge in [-0.05, 0) is 57.7 Å². The summed E-state index contributed by atoms with van der Waals surface area (Å²) < 4.78 is 16.3. The fraction of sp³-hybridized carbons (Fsp3) is 0.211. The van der Waals surface area contributed by atoms with Crippen LogP contribution >= 0.6 is 0 Å². The molecule has 49 heavy (non-hydrogen) atoms. The van der Waals surface area contributed by atoms with Crippen LogP contribution in [0.15, 0.2) is 116 Å². The number of methoxy groups -OCH3 is 1. The average Bonchev–Trinajstić information content (AvgIpc) is 3.73. The molecule has 2 heterocycles. The van der Waals surface area contributed by atoms with Crippen molar-refractivity contribution in [1.29, 1.82) is 0 Å². The van der Waals surface area contributed by atoms with Gasteiger partial charge in [0.1, 0.15) is 23.6 Å². The molecule has 0 bridgehead atoms. The molecular weight excluding hydrogens is 633 g/mol. The number of hydrogen-bond acceptors (Lipinski definition) is 6. The highest BCUT2D eigenvalue weighted by Gasteiger charge is 2.52. The third-order valence-electron chi connectivity index (χ3n) is 8.66. The van der Waals surface area contributed by atoms with Gasteiger partial charge in [-0.25, -0.2) is 4.98 Å². The first-order valence-electron chi connectivity index (χ1n) is 16.1. The molecule has 2 aromatic heterocycles. The van der Waals surface area contributed by atoms with E-state index in [0.717, 1.165) is 11.3 Å². The summed E-state index contributed by atoms with van der Waals surface area (Å²) in [7, 11) is -1.25. The molecule has 0 aliphatic carbocycles. The van der Waals surface area contributed by atoms with Gasteiger partial charge < -0.3 is 19.5 Å². The molecule has 0 saturated carbocycles. The summed E-state index contributed by atoms with van der Waals surface area (Å²) in [5, 5.41) is 9.30. The number of ether oxygens (including phenoxy) is 1. The molecule has 0 aliphatic heterocycles. The lowest BCUT2D eigenvalue weighted by Gasteiger charge is -2.43. The molecule has 11 heteroatoms. The fourth-order valence-corrected chi connectivity index (χ4v) is 10.8. The Morgan fingerprint density at radius 3 is 2.10 bits per heavy atom. The maximum atomic E-state index is 13.0. The number of anilines is 1. The van der Waals surface area contributed by atoms with Crippen LogP contribution in [0.2, 0.25) is 5.04 Å². The van der Waals surface area contributed by atoms with Crippen molar-refractivity contribution in [3.63, 3.8) is 0 Å². The lowest BCUT2D eigenvalue weighted by Crippen LogP contribution is -2.68. The quantitative estimate of drug-likeness (QED) is 0.173. The van der Waals surface area contributed by atoms with E-state index in [1.165, 1.54) is 22.2 Å². The minimum absolute atomic E-state index is 0.0205. The zero-order valence-corrected chi connectivity index (χ0v) is 29.1. The van der Waals surface area contributed by atoms with E-state index >= 15 is 0 Å². The van der Waals surface area contributed by atoms with E-state index in [2.05, 4.69) is 96.8 Å². The molecule has 0 radical (unpaired) electrons. The summed E-state index contributed by atoms with van der Waals surface area (Å²) in [6, 6.07) is 34.3. The molecule has 250 valence electrons. The fourth-order valence-electron chi connectivity index (χ4n) is 6.34. The number of benzene rings is 4. The Morgan fingerprint density at radius 1 is 0.898 bits per heavy atom. The van der Waals surface area contributed by atoms with Crippen LogP contribution in [0.25, 0.3) is 11.0 Å². The van der Waals surface area contributed by atoms with Crippen LogP contribution in [-0.2, 0) is 24.3 Å². The van der Waals surface area contributed by atoms with E-state index in [4.69, 9.17) is 14.9 Å². The Kier molecular flexibility index (Phi) is 9.37. The molecule has 6 rings (SSSR count). The van der Waals surface area contributed by atoms with Gasteiger partial charge in [0.2, 0.25) is 17.8 Å². The van der Waals surface area contributed by atoms with Crippen molar-refractivity contribution in [1.82, 2.24) is 19.3 Å². The highest BCUT2D eigenvalue weighted by molar-refractivity contribution is 7.00. The largest absolute Gasteiger partial charge is 0.534 e. The molecule has 2 amide bonds. The van der Waals surface area contributed by atoms with Gasteiger partial charge in [0, 0.05) is 24.5 Å². The Labute approximate surface area is 286 Å². The number of nitrogens with one attached hydrogen (secondary N) is 1. The number of rotatable bonds is 12. The molecular formula is C38H40N6O4Si. The number of primary amides is 1. The Morgan fingerprint density at radius 2 is 1.55 bits per heavy atom. The van der Waals surface area contributed by atoms with Crippen molar-refractivity contribution in [3.8, 4) is 11.5 Å². The number of carbonyl (C=O) groups excluding carboxylic acids is 2. The number of nitrogens with zero attached hydrogens (tertiary/aromatic N) is 4. The first-order chi connectivity index (χ1) is 23.6. The molecule has 0 unspecified atom stereocenters. The van der Waals surface area contributed by atoms with Crippen LogP contribution in [0.1, 0.15) is 36.7 Å². The normalized spacial score (nSPS) is 11.8. The zero-order valence-electron chi connectivity index (χ0n) is 28.1. The summed E-state index contributed by atoms with van der Waals surface area (Å²) in [5.74, 6) is 0.677. The van der Waals surface area contributed by atoms with E-state index in [0.29, 0.717) is 35.7 Å². The van der Waals surface area contributed by atoms with Gasteiger partial charge in [-0.3, -0.25) is 19.6 Å². The van der Waals surface area contributed by atoms with Crippen molar-refractivity contribution < 1.29 is 18.8 Å². The van der Waals surface area contributed by atoms with Crippen molar-refractivity contribution in [2.45, 2.75) is 45.3 Å². The lowest BCUT2D eigenvalue weighted by atomic mass is 10.1. The van der Waals surface area contributed by atoms with E-state index in [1.54, 1.807) is 30.6 Å². The van der Waals surface area contributed by atoms with Crippen molar-refractivity contribution >= 4 is 47.5 Å². The Bertz CT molecular complexity index is 2020. The predicted octanol–water partition coefficient (Wildman–Crippen LogP) is 5.16. The third-order valence-corrected chi connectivity index (χ3v) is 13.6. The molecule has 0 saturated heterocycles. The van der Waals surface area contributed by atoms with Crippen LogP contribution in [0, 0.1) is 0 Å². The second kappa shape index (κ2) is 13.8. The van der Waals surface area contributed by atoms with E-state index < -0.39 is 14.2 Å². The summed E-state index contributed by atoms with van der Waals surface area (Å²) in [6.07, 6.45) is 3.95. The SMILES string of the molecule is COc1cc(C(N)=O)cc2nc(NC(=O)Cn3cccn3)n(CCc3ccc(O[Si](c4ccccc4)(c4ccccc4)C(C)(C)C)cc3)c12. The highest BCUT2D eigenvalue weighted by atomic mass is 28.4. The van der Waals surface area contributed by atoms with Crippen LogP contribution in [0.3, 0.4) is 0 Å². The topological polar surface area (TPSA) is 126 Å². The second-order valence-corrected chi connectivity index (χ2v) is 17.1. The van der Waals surface area contributed by atoms with Gasteiger partial charge in [-0.15, -0.1) is 0 Å². The van der Waals surface area contributed by atoms with Gasteiger partial charge in [0.05, 0.1) is 12.6 Å². The summed E-state index contributed by atoms with van der Waals surface area (Å²) in [5.41, 5.74) is 8.05. The second-order valence-electron chi connectivity index (χ2n) is 12.9. The maximum Gasteiger partial charge on any atom is 0.319 e. The number of amides is 2. The highest BCUT2D eigenvalue weighted by Crippen LogP contribution is 2.38. The van der Waals surface area contributed by atoms with E-state index in [-0.39, 0.29) is 23.1 Å². The molecule has 4 aromatic carbocycles. The average molecular weight is 673 g/mol. The number of carbonyl (C=O) groups is 2. The first kappa shape index (κ1) is 33.2. The van der Waals surface area contributed by atoms with Gasteiger partial charge in [-0.1, -0.05) is 93.6 Å². The summed E-state index contributed by atoms with van der Waals surface area (Å²) >= 11 is 0. The molecule has 6 aromatic rings. The Balaban J connectivity index is 1.30. The number of hydrogen-bond donors (Lipinski definition) is 2. The first-order valence-corrected chi connectivity index (χ1v) is 18.0. The van der Waals surface area contributed by atoms with Crippen LogP contribution in [0.5, 0.6) is 11.5 Å². The van der Waals surface area contributed by atoms with Crippen LogP contribution in [0.4, 0.5) is 5.95 Å². The number of aromatic nitrogens is 4. The predicted molar refractivity (Wildman–Crippen MR) is 194 cm³/mol. The molecule has 0 atom stereocenters. The monoisotopic (exact) mass is 672 g/mol. The van der Waals surface area contributed by atoms with Crippen molar-refractivity contribution in [3.05, 3.63) is 127 Å². The molecule has 10 nitrogen and oxygen atoms in total. The van der Waals surface area contributed by atoms with E-state index in [9.17, 15) is 9.59 Å². The van der Waals surface area contributed by atoms with Crippen LogP contribution in [-0.4, -0.2) is 46.6 Å². The summed E-state index contributed by atoms with van der Waals surface area (Å²) in [4.78, 5) is 29.7. The minimum atomic E-state index is -2.78. The lowest BCUT2D eigenvalue weighted by molar-refractivity contribution is -0.117. The molecule has 0 fully saturated rings. The number of aryl methyl sites for hydroxylation is 2. The van der Waals surface area contributed by atoms with Crippen LogP contribution < -0.4 is 30.6 Å². The number of fused-ring (bicyclic) bond motifs is 1. The van der Waals surface area contributed by atoms with Gasteiger partial charge in [-0.2, -0.15) is 5.10 Å². The minimum Gasteiger partial charge on any atom is -0.534 e. The number of nitrogens with two attached hydrogens (primary N) is 1. The Hall–Kier alpha value is -5.68. The van der Waals surface area contributed by atoms with Gasteiger partial charge in [0.25, 0.3) is 0 Å². The molecule has 0 aliphatic rings. The zero-order chi connectivity index (χ0) is 34.6. The molecule has 0 spiro atoms. The third kappa shape index (κ3) is 6.84.